The zero-order valence-electron chi connectivity index (χ0n) is 6.59. The fourth-order valence-corrected chi connectivity index (χ4v) is 1.08. The molecule has 0 aromatic heterocycles. The Balaban J connectivity index is 3.76. The van der Waals surface area contributed by atoms with E-state index in [0.717, 1.165) is 0 Å². The van der Waals surface area contributed by atoms with E-state index in [1.54, 1.807) is 0 Å². The molecular formula is C6H10Cl4O3. The molecule has 0 aliphatic heterocycles. The molecule has 0 bridgehead atoms. The number of ether oxygens (including phenoxy) is 1. The van der Waals surface area contributed by atoms with E-state index in [-0.39, 0.29) is 19.8 Å². The minimum Gasteiger partial charge on any atom is -0.394 e. The summed E-state index contributed by atoms with van der Waals surface area (Å²) >= 11 is 21.9. The van der Waals surface area contributed by atoms with Crippen molar-refractivity contribution in [3.8, 4) is 0 Å². The molecule has 13 heavy (non-hydrogen) atoms. The molecule has 2 atom stereocenters. The van der Waals surface area contributed by atoms with E-state index >= 15 is 0 Å². The third kappa shape index (κ3) is 6.18. The number of halogens is 4. The van der Waals surface area contributed by atoms with Gasteiger partial charge in [-0.05, 0) is 0 Å². The number of alkyl halides is 4. The molecule has 3 nitrogen and oxygen atoms in total. The van der Waals surface area contributed by atoms with Crippen molar-refractivity contribution in [3.05, 3.63) is 0 Å². The van der Waals surface area contributed by atoms with Crippen molar-refractivity contribution in [3.63, 3.8) is 0 Å². The monoisotopic (exact) mass is 270 g/mol. The smallest absolute Gasteiger partial charge is 0.209 e. The van der Waals surface area contributed by atoms with Gasteiger partial charge in [0.1, 0.15) is 5.38 Å². The van der Waals surface area contributed by atoms with Gasteiger partial charge in [-0.1, -0.05) is 34.8 Å². The Kier molecular flexibility index (Phi) is 7.03. The predicted octanol–water partition coefficient (Wildman–Crippen LogP) is 1.33. The first-order valence-corrected chi connectivity index (χ1v) is 5.04. The van der Waals surface area contributed by atoms with E-state index in [9.17, 15) is 5.11 Å². The molecule has 2 N–H and O–H groups in total. The summed E-state index contributed by atoms with van der Waals surface area (Å²) in [6.45, 7) is -0.101. The van der Waals surface area contributed by atoms with Gasteiger partial charge in [0.05, 0.1) is 25.9 Å². The minimum atomic E-state index is -1.73. The molecule has 0 amide bonds. The molecule has 0 heterocycles. The molecule has 0 saturated heterocycles. The second-order valence-corrected chi connectivity index (χ2v) is 5.15. The van der Waals surface area contributed by atoms with Gasteiger partial charge >= 0.3 is 0 Å². The first-order chi connectivity index (χ1) is 5.89. The second kappa shape index (κ2) is 6.51. The first kappa shape index (κ1) is 14.0. The van der Waals surface area contributed by atoms with Crippen LogP contribution in [-0.2, 0) is 4.74 Å². The summed E-state index contributed by atoms with van der Waals surface area (Å²) in [5, 5.41) is 16.6. The molecular weight excluding hydrogens is 262 g/mol. The molecule has 0 spiro atoms. The quantitative estimate of drug-likeness (QED) is 0.586. The van der Waals surface area contributed by atoms with E-state index in [1.807, 2.05) is 0 Å². The molecule has 0 rings (SSSR count). The number of hydrogen-bond donors (Lipinski definition) is 2. The van der Waals surface area contributed by atoms with Crippen LogP contribution in [0.4, 0.5) is 0 Å². The SMILES string of the molecule is OCCOCC(O)C(Cl)C(Cl)(Cl)Cl. The van der Waals surface area contributed by atoms with Gasteiger partial charge in [-0.3, -0.25) is 0 Å². The summed E-state index contributed by atoms with van der Waals surface area (Å²) in [4.78, 5) is 0. The third-order valence-electron chi connectivity index (χ3n) is 1.17. The third-order valence-corrected chi connectivity index (χ3v) is 2.83. The Morgan fingerprint density at radius 3 is 2.23 bits per heavy atom. The van der Waals surface area contributed by atoms with Gasteiger partial charge in [-0.2, -0.15) is 0 Å². The standard InChI is InChI=1S/C6H10Cl4O3/c7-5(6(8,9)10)4(12)3-13-2-1-11/h4-5,11-12H,1-3H2. The highest BCUT2D eigenvalue weighted by Crippen LogP contribution is 2.35. The van der Waals surface area contributed by atoms with Gasteiger partial charge in [-0.25, -0.2) is 0 Å². The van der Waals surface area contributed by atoms with Crippen LogP contribution < -0.4 is 0 Å². The number of hydrogen-bond acceptors (Lipinski definition) is 3. The van der Waals surface area contributed by atoms with Crippen molar-refractivity contribution in [2.75, 3.05) is 19.8 Å². The lowest BCUT2D eigenvalue weighted by Crippen LogP contribution is -2.36. The molecule has 80 valence electrons. The van der Waals surface area contributed by atoms with E-state index in [0.29, 0.717) is 0 Å². The van der Waals surface area contributed by atoms with Gasteiger partial charge in [0, 0.05) is 0 Å². The van der Waals surface area contributed by atoms with Crippen molar-refractivity contribution in [2.45, 2.75) is 15.3 Å². The van der Waals surface area contributed by atoms with Gasteiger partial charge in [-0.15, -0.1) is 11.6 Å². The van der Waals surface area contributed by atoms with Gasteiger partial charge in [0.2, 0.25) is 3.79 Å². The van der Waals surface area contributed by atoms with Crippen LogP contribution >= 0.6 is 46.4 Å². The zero-order valence-corrected chi connectivity index (χ0v) is 9.61. The Morgan fingerprint density at radius 2 is 1.85 bits per heavy atom. The number of aliphatic hydroxyl groups excluding tert-OH is 2. The molecule has 0 fully saturated rings. The van der Waals surface area contributed by atoms with Crippen molar-refractivity contribution >= 4 is 46.4 Å². The van der Waals surface area contributed by atoms with Crippen LogP contribution in [0.15, 0.2) is 0 Å². The van der Waals surface area contributed by atoms with E-state index in [1.165, 1.54) is 0 Å². The van der Waals surface area contributed by atoms with Gasteiger partial charge in [0.15, 0.2) is 0 Å². The zero-order chi connectivity index (χ0) is 10.5. The van der Waals surface area contributed by atoms with Crippen LogP contribution in [-0.4, -0.2) is 45.3 Å². The van der Waals surface area contributed by atoms with E-state index in [4.69, 9.17) is 56.2 Å². The molecule has 2 unspecified atom stereocenters. The molecule has 0 aromatic carbocycles. The molecule has 0 radical (unpaired) electrons. The van der Waals surface area contributed by atoms with Crippen LogP contribution in [0, 0.1) is 0 Å². The van der Waals surface area contributed by atoms with Crippen LogP contribution in [0.25, 0.3) is 0 Å². The van der Waals surface area contributed by atoms with Gasteiger partial charge < -0.3 is 14.9 Å². The molecule has 0 aliphatic rings. The largest absolute Gasteiger partial charge is 0.394 e. The van der Waals surface area contributed by atoms with Crippen LogP contribution in [0.3, 0.4) is 0 Å². The summed E-state index contributed by atoms with van der Waals surface area (Å²) < 4.78 is 3.07. The molecule has 0 saturated carbocycles. The fourth-order valence-electron chi connectivity index (χ4n) is 0.571. The minimum absolute atomic E-state index is 0.0807. The van der Waals surface area contributed by atoms with Crippen molar-refractivity contribution < 1.29 is 14.9 Å². The maximum atomic E-state index is 9.29. The average Bonchev–Trinajstić information content (AvgIpc) is 2.01. The maximum Gasteiger partial charge on any atom is 0.209 e. The highest BCUT2D eigenvalue weighted by atomic mass is 35.6. The van der Waals surface area contributed by atoms with E-state index < -0.39 is 15.3 Å². The van der Waals surface area contributed by atoms with Gasteiger partial charge in [0.25, 0.3) is 0 Å². The Bertz CT molecular complexity index is 138. The average molecular weight is 272 g/mol. The highest BCUT2D eigenvalue weighted by Gasteiger charge is 2.36. The Labute approximate surface area is 96.5 Å². The normalized spacial score (nSPS) is 17.1. The maximum absolute atomic E-state index is 9.29. The van der Waals surface area contributed by atoms with Crippen molar-refractivity contribution in [2.24, 2.45) is 0 Å². The summed E-state index contributed by atoms with van der Waals surface area (Å²) in [7, 11) is 0. The molecule has 7 heteroatoms. The lowest BCUT2D eigenvalue weighted by molar-refractivity contribution is 0.0202. The van der Waals surface area contributed by atoms with Crippen molar-refractivity contribution in [1.82, 2.24) is 0 Å². The summed E-state index contributed by atoms with van der Waals surface area (Å²) in [6, 6.07) is 0. The van der Waals surface area contributed by atoms with Crippen LogP contribution in [0.1, 0.15) is 0 Å². The topological polar surface area (TPSA) is 49.7 Å². The number of rotatable bonds is 5. The Hall–Kier alpha value is 1.04. The van der Waals surface area contributed by atoms with Crippen molar-refractivity contribution in [1.29, 1.82) is 0 Å². The summed E-state index contributed by atoms with van der Waals surface area (Å²) in [5.41, 5.74) is 0. The van der Waals surface area contributed by atoms with Crippen LogP contribution in [0.5, 0.6) is 0 Å². The highest BCUT2D eigenvalue weighted by molar-refractivity contribution is 6.70. The molecule has 0 aliphatic carbocycles. The molecule has 0 aromatic rings. The number of aliphatic hydroxyl groups is 2. The fraction of sp³-hybridized carbons (Fsp3) is 1.00. The predicted molar refractivity (Wildman–Crippen MR) is 53.8 cm³/mol. The lowest BCUT2D eigenvalue weighted by atomic mass is 10.3. The van der Waals surface area contributed by atoms with E-state index in [2.05, 4.69) is 0 Å². The lowest BCUT2D eigenvalue weighted by Gasteiger charge is -2.22. The first-order valence-electron chi connectivity index (χ1n) is 3.47. The second-order valence-electron chi connectivity index (χ2n) is 2.31. The van der Waals surface area contributed by atoms with Crippen LogP contribution in [0.2, 0.25) is 0 Å². The Morgan fingerprint density at radius 1 is 1.31 bits per heavy atom. The summed E-state index contributed by atoms with van der Waals surface area (Å²) in [5.74, 6) is 0. The summed E-state index contributed by atoms with van der Waals surface area (Å²) in [6.07, 6.45) is -1.08.